The van der Waals surface area contributed by atoms with E-state index < -0.39 is 11.7 Å². The van der Waals surface area contributed by atoms with Gasteiger partial charge in [0.15, 0.2) is 5.69 Å². The van der Waals surface area contributed by atoms with Crippen LogP contribution in [0.15, 0.2) is 65.3 Å². The minimum atomic E-state index is -4.41. The van der Waals surface area contributed by atoms with E-state index in [1.807, 2.05) is 49.2 Å². The number of alkyl halides is 3. The first-order valence-electron chi connectivity index (χ1n) is 11.6. The number of carbonyl (C=O) groups is 1. The number of likely N-dealkylation sites (N-methyl/N-ethyl adjacent to an activating group) is 1. The SMILES string of the molecule is CC(c1ccccc1)N(Cc1cccc(C(F)(F)F)c1)Cc1nc(C(=O)N2CCN(C)CC2)co1. The van der Waals surface area contributed by atoms with Crippen molar-refractivity contribution in [3.8, 4) is 0 Å². The van der Waals surface area contributed by atoms with Crippen LogP contribution in [0.1, 0.15) is 46.0 Å². The molecule has 1 saturated heterocycles. The van der Waals surface area contributed by atoms with Gasteiger partial charge in [0.2, 0.25) is 5.89 Å². The summed E-state index contributed by atoms with van der Waals surface area (Å²) in [6, 6.07) is 14.9. The van der Waals surface area contributed by atoms with Gasteiger partial charge in [0.1, 0.15) is 6.26 Å². The molecule has 0 radical (unpaired) electrons. The fourth-order valence-electron chi connectivity index (χ4n) is 4.18. The molecule has 1 atom stereocenters. The predicted molar refractivity (Wildman–Crippen MR) is 125 cm³/mol. The zero-order chi connectivity index (χ0) is 25.0. The summed E-state index contributed by atoms with van der Waals surface area (Å²) in [6.07, 6.45) is -3.04. The molecule has 6 nitrogen and oxygen atoms in total. The third kappa shape index (κ3) is 6.29. The largest absolute Gasteiger partial charge is 0.447 e. The smallest absolute Gasteiger partial charge is 0.416 e. The molecule has 186 valence electrons. The van der Waals surface area contributed by atoms with E-state index in [1.165, 1.54) is 18.4 Å². The number of piperazine rings is 1. The van der Waals surface area contributed by atoms with E-state index in [1.54, 1.807) is 11.0 Å². The van der Waals surface area contributed by atoms with Crippen molar-refractivity contribution in [3.63, 3.8) is 0 Å². The average Bonchev–Trinajstić information content (AvgIpc) is 3.32. The quantitative estimate of drug-likeness (QED) is 0.478. The maximum absolute atomic E-state index is 13.3. The summed E-state index contributed by atoms with van der Waals surface area (Å²) in [5, 5.41) is 0. The molecule has 1 aliphatic rings. The molecule has 35 heavy (non-hydrogen) atoms. The van der Waals surface area contributed by atoms with Gasteiger partial charge >= 0.3 is 6.18 Å². The number of rotatable bonds is 7. The highest BCUT2D eigenvalue weighted by Crippen LogP contribution is 2.31. The second kappa shape index (κ2) is 10.6. The number of nitrogens with zero attached hydrogens (tertiary/aromatic N) is 4. The number of benzene rings is 2. The molecular formula is C26H29F3N4O2. The second-order valence-corrected chi connectivity index (χ2v) is 8.91. The van der Waals surface area contributed by atoms with Crippen molar-refractivity contribution >= 4 is 5.91 Å². The van der Waals surface area contributed by atoms with Gasteiger partial charge in [-0.3, -0.25) is 9.69 Å². The van der Waals surface area contributed by atoms with Crippen LogP contribution in [0.2, 0.25) is 0 Å². The third-order valence-electron chi connectivity index (χ3n) is 6.37. The van der Waals surface area contributed by atoms with Gasteiger partial charge in [-0.15, -0.1) is 0 Å². The summed E-state index contributed by atoms with van der Waals surface area (Å²) >= 11 is 0. The highest BCUT2D eigenvalue weighted by molar-refractivity contribution is 5.92. The lowest BCUT2D eigenvalue weighted by molar-refractivity contribution is -0.137. The number of oxazole rings is 1. The highest BCUT2D eigenvalue weighted by atomic mass is 19.4. The summed E-state index contributed by atoms with van der Waals surface area (Å²) in [5.74, 6) is 0.172. The molecule has 0 saturated carbocycles. The van der Waals surface area contributed by atoms with Crippen molar-refractivity contribution in [1.29, 1.82) is 0 Å². The number of carbonyl (C=O) groups excluding carboxylic acids is 1. The van der Waals surface area contributed by atoms with Gasteiger partial charge in [-0.05, 0) is 31.2 Å². The summed E-state index contributed by atoms with van der Waals surface area (Å²) in [7, 11) is 2.02. The van der Waals surface area contributed by atoms with E-state index in [-0.39, 0.29) is 30.7 Å². The van der Waals surface area contributed by atoms with Gasteiger partial charge in [-0.2, -0.15) is 13.2 Å². The van der Waals surface area contributed by atoms with Crippen molar-refractivity contribution in [3.05, 3.63) is 89.1 Å². The molecule has 0 spiro atoms. The van der Waals surface area contributed by atoms with Gasteiger partial charge < -0.3 is 14.2 Å². The van der Waals surface area contributed by atoms with Crippen LogP contribution >= 0.6 is 0 Å². The minimum absolute atomic E-state index is 0.130. The topological polar surface area (TPSA) is 52.8 Å². The number of halogens is 3. The van der Waals surface area contributed by atoms with Gasteiger partial charge in [0, 0.05) is 38.8 Å². The fraction of sp³-hybridized carbons (Fsp3) is 0.385. The third-order valence-corrected chi connectivity index (χ3v) is 6.37. The van der Waals surface area contributed by atoms with E-state index in [0.717, 1.165) is 24.7 Å². The zero-order valence-electron chi connectivity index (χ0n) is 19.8. The van der Waals surface area contributed by atoms with Crippen molar-refractivity contribution in [2.24, 2.45) is 0 Å². The molecule has 0 aliphatic carbocycles. The fourth-order valence-corrected chi connectivity index (χ4v) is 4.18. The van der Waals surface area contributed by atoms with Crippen molar-refractivity contribution in [2.75, 3.05) is 33.2 Å². The summed E-state index contributed by atoms with van der Waals surface area (Å²) in [5.41, 5.74) is 1.11. The predicted octanol–water partition coefficient (Wildman–Crippen LogP) is 4.84. The van der Waals surface area contributed by atoms with Crippen LogP contribution in [-0.2, 0) is 19.3 Å². The number of aromatic nitrogens is 1. The lowest BCUT2D eigenvalue weighted by atomic mass is 10.0. The van der Waals surface area contributed by atoms with E-state index in [0.29, 0.717) is 24.5 Å². The van der Waals surface area contributed by atoms with Crippen LogP contribution in [0, 0.1) is 0 Å². The Morgan fingerprint density at radius 1 is 1.06 bits per heavy atom. The van der Waals surface area contributed by atoms with Gasteiger partial charge in [-0.25, -0.2) is 4.98 Å². The van der Waals surface area contributed by atoms with Crippen molar-refractivity contribution in [2.45, 2.75) is 32.2 Å². The Hall–Kier alpha value is -3.17. The Morgan fingerprint density at radius 2 is 1.77 bits per heavy atom. The molecule has 0 N–H and O–H groups in total. The van der Waals surface area contributed by atoms with Crippen LogP contribution < -0.4 is 0 Å². The Kier molecular flexibility index (Phi) is 7.57. The van der Waals surface area contributed by atoms with Crippen molar-refractivity contribution < 1.29 is 22.4 Å². The Balaban J connectivity index is 1.54. The maximum atomic E-state index is 13.3. The van der Waals surface area contributed by atoms with Crippen LogP contribution in [0.25, 0.3) is 0 Å². The highest BCUT2D eigenvalue weighted by Gasteiger charge is 2.31. The number of amides is 1. The molecule has 4 rings (SSSR count). The standard InChI is InChI=1S/C26H29F3N4O2/c1-19(21-8-4-3-5-9-21)33(16-20-7-6-10-22(15-20)26(27,28)29)17-24-30-23(18-35-24)25(34)32-13-11-31(2)12-14-32/h3-10,15,18-19H,11-14,16-17H2,1-2H3. The molecule has 1 aliphatic heterocycles. The second-order valence-electron chi connectivity index (χ2n) is 8.91. The Morgan fingerprint density at radius 3 is 2.46 bits per heavy atom. The van der Waals surface area contributed by atoms with Gasteiger partial charge in [-0.1, -0.05) is 48.5 Å². The Bertz CT molecular complexity index is 1120. The van der Waals surface area contributed by atoms with E-state index in [9.17, 15) is 18.0 Å². The van der Waals surface area contributed by atoms with Gasteiger partial charge in [0.25, 0.3) is 5.91 Å². The first-order chi connectivity index (χ1) is 16.7. The zero-order valence-corrected chi connectivity index (χ0v) is 19.8. The summed E-state index contributed by atoms with van der Waals surface area (Å²) < 4.78 is 45.4. The monoisotopic (exact) mass is 486 g/mol. The van der Waals surface area contributed by atoms with Crippen LogP contribution in [0.5, 0.6) is 0 Å². The van der Waals surface area contributed by atoms with E-state index in [4.69, 9.17) is 4.42 Å². The van der Waals surface area contributed by atoms with Crippen LogP contribution in [0.4, 0.5) is 13.2 Å². The first-order valence-corrected chi connectivity index (χ1v) is 11.6. The molecule has 1 aromatic heterocycles. The molecule has 9 heteroatoms. The number of hydrogen-bond acceptors (Lipinski definition) is 5. The van der Waals surface area contributed by atoms with Crippen molar-refractivity contribution in [1.82, 2.24) is 19.7 Å². The minimum Gasteiger partial charge on any atom is -0.447 e. The van der Waals surface area contributed by atoms with Crippen LogP contribution in [-0.4, -0.2) is 58.8 Å². The average molecular weight is 487 g/mol. The molecule has 1 amide bonds. The van der Waals surface area contributed by atoms with E-state index >= 15 is 0 Å². The molecule has 1 unspecified atom stereocenters. The summed E-state index contributed by atoms with van der Waals surface area (Å²) in [4.78, 5) is 23.2. The first kappa shape index (κ1) is 24.9. The lowest BCUT2D eigenvalue weighted by Gasteiger charge is -2.31. The molecular weight excluding hydrogens is 457 g/mol. The summed E-state index contributed by atoms with van der Waals surface area (Å²) in [6.45, 7) is 5.34. The maximum Gasteiger partial charge on any atom is 0.416 e. The van der Waals surface area contributed by atoms with Crippen LogP contribution in [0.3, 0.4) is 0 Å². The molecule has 2 aromatic carbocycles. The molecule has 2 heterocycles. The molecule has 0 bridgehead atoms. The van der Waals surface area contributed by atoms with Gasteiger partial charge in [0.05, 0.1) is 12.1 Å². The molecule has 1 fully saturated rings. The number of hydrogen-bond donors (Lipinski definition) is 0. The normalized spacial score (nSPS) is 16.0. The van der Waals surface area contributed by atoms with E-state index in [2.05, 4.69) is 9.88 Å². The Labute approximate surface area is 203 Å². The lowest BCUT2D eigenvalue weighted by Crippen LogP contribution is -2.47. The molecule has 3 aromatic rings.